The van der Waals surface area contributed by atoms with Crippen molar-refractivity contribution in [3.05, 3.63) is 75.8 Å². The number of thiophene rings is 1. The van der Waals surface area contributed by atoms with Crippen molar-refractivity contribution >= 4 is 33.5 Å². The van der Waals surface area contributed by atoms with E-state index in [9.17, 15) is 17.6 Å². The van der Waals surface area contributed by atoms with Crippen LogP contribution in [0.1, 0.15) is 37.1 Å². The molecular weight excluding hydrogens is 510 g/mol. The average molecular weight is 536 g/mol. The highest BCUT2D eigenvalue weighted by Gasteiger charge is 2.35. The quantitative estimate of drug-likeness (QED) is 0.207. The molecule has 0 amide bonds. The van der Waals surface area contributed by atoms with E-state index in [0.29, 0.717) is 16.9 Å². The van der Waals surface area contributed by atoms with Gasteiger partial charge in [0.2, 0.25) is 5.13 Å². The lowest BCUT2D eigenvalue weighted by molar-refractivity contribution is -0.139. The van der Waals surface area contributed by atoms with Gasteiger partial charge in [0.1, 0.15) is 11.4 Å². The van der Waals surface area contributed by atoms with E-state index in [-0.39, 0.29) is 34.3 Å². The van der Waals surface area contributed by atoms with Crippen LogP contribution in [-0.2, 0) is 12.6 Å². The number of rotatable bonds is 10. The largest absolute Gasteiger partial charge is 0.492 e. The molecule has 4 aromatic rings. The van der Waals surface area contributed by atoms with E-state index in [1.54, 1.807) is 29.7 Å². The summed E-state index contributed by atoms with van der Waals surface area (Å²) in [6, 6.07) is 11.1. The summed E-state index contributed by atoms with van der Waals surface area (Å²) in [5, 5.41) is 4.40. The van der Waals surface area contributed by atoms with Gasteiger partial charge in [-0.25, -0.2) is 4.98 Å². The molecule has 0 spiro atoms. The van der Waals surface area contributed by atoms with Crippen molar-refractivity contribution in [3.8, 4) is 17.0 Å². The Labute approximate surface area is 215 Å². The van der Waals surface area contributed by atoms with Crippen LogP contribution in [0.15, 0.2) is 60.2 Å². The highest BCUT2D eigenvalue weighted by atomic mass is 32.1. The van der Waals surface area contributed by atoms with E-state index < -0.39 is 16.9 Å². The van der Waals surface area contributed by atoms with Gasteiger partial charge >= 0.3 is 6.18 Å². The molecule has 3 heterocycles. The summed E-state index contributed by atoms with van der Waals surface area (Å²) in [7, 11) is 0. The van der Waals surface area contributed by atoms with Gasteiger partial charge in [0.25, 0.3) is 0 Å². The third-order valence-electron chi connectivity index (χ3n) is 5.53. The lowest BCUT2D eigenvalue weighted by Gasteiger charge is -2.26. The third kappa shape index (κ3) is 6.82. The molecule has 0 aliphatic rings. The molecule has 0 aliphatic carbocycles. The SMILES string of the molecule is CC(C)(CCCc1cccs1)COc1ccc(Nc2nc(-c3cccnc3)c(F)s2)cc1C(F)(F)F. The molecule has 4 nitrogen and oxygen atoms in total. The second kappa shape index (κ2) is 11.0. The number of nitrogens with one attached hydrogen (secondary N) is 1. The fraction of sp³-hybridized carbons (Fsp3) is 0.308. The standard InChI is InChI=1S/C26H25F4N3OS2/c1-25(2,11-3-7-19-8-5-13-35-19)16-34-21-10-9-18(14-20(21)26(28,29)30)32-24-33-22(23(27)36-24)17-6-4-12-31-15-17/h4-6,8-10,12-15H,3,7,11,16H2,1-2H3,(H,32,33). The molecule has 0 bridgehead atoms. The molecule has 36 heavy (non-hydrogen) atoms. The first-order chi connectivity index (χ1) is 17.1. The Morgan fingerprint density at radius 2 is 1.92 bits per heavy atom. The molecule has 0 fully saturated rings. The summed E-state index contributed by atoms with van der Waals surface area (Å²) in [6.45, 7) is 4.13. The van der Waals surface area contributed by atoms with Crippen LogP contribution in [0.3, 0.4) is 0 Å². The molecule has 0 radical (unpaired) electrons. The van der Waals surface area contributed by atoms with E-state index >= 15 is 0 Å². The van der Waals surface area contributed by atoms with Gasteiger partial charge in [-0.2, -0.15) is 17.6 Å². The Morgan fingerprint density at radius 3 is 2.61 bits per heavy atom. The topological polar surface area (TPSA) is 47.0 Å². The number of anilines is 2. The monoisotopic (exact) mass is 535 g/mol. The highest BCUT2D eigenvalue weighted by Crippen LogP contribution is 2.40. The number of hydrogen-bond donors (Lipinski definition) is 1. The first kappa shape index (κ1) is 26.1. The Morgan fingerprint density at radius 1 is 1.08 bits per heavy atom. The van der Waals surface area contributed by atoms with Crippen LogP contribution < -0.4 is 10.1 Å². The number of nitrogens with zero attached hydrogens (tertiary/aromatic N) is 2. The van der Waals surface area contributed by atoms with Crippen LogP contribution in [0.5, 0.6) is 5.75 Å². The fourth-order valence-electron chi connectivity index (χ4n) is 3.66. The molecule has 3 aromatic heterocycles. The van der Waals surface area contributed by atoms with Crippen LogP contribution in [-0.4, -0.2) is 16.6 Å². The summed E-state index contributed by atoms with van der Waals surface area (Å²) in [5.41, 5.74) is -0.481. The minimum atomic E-state index is -4.62. The van der Waals surface area contributed by atoms with Crippen molar-refractivity contribution in [3.63, 3.8) is 0 Å². The maximum atomic E-state index is 14.4. The predicted molar refractivity (Wildman–Crippen MR) is 137 cm³/mol. The molecule has 0 atom stereocenters. The molecule has 4 rings (SSSR count). The van der Waals surface area contributed by atoms with Crippen LogP contribution in [0.4, 0.5) is 28.4 Å². The van der Waals surface area contributed by atoms with Gasteiger partial charge < -0.3 is 10.1 Å². The highest BCUT2D eigenvalue weighted by molar-refractivity contribution is 7.14. The van der Waals surface area contributed by atoms with Crippen molar-refractivity contribution in [1.29, 1.82) is 0 Å². The normalized spacial score (nSPS) is 12.1. The first-order valence-corrected chi connectivity index (χ1v) is 13.0. The molecule has 0 saturated heterocycles. The Balaban J connectivity index is 1.44. The Hall–Kier alpha value is -2.98. The van der Waals surface area contributed by atoms with E-state index in [1.807, 2.05) is 25.3 Å². The minimum Gasteiger partial charge on any atom is -0.492 e. The number of aryl methyl sites for hydroxylation is 1. The summed E-state index contributed by atoms with van der Waals surface area (Å²) in [5.74, 6) is -0.235. The maximum absolute atomic E-state index is 14.4. The summed E-state index contributed by atoms with van der Waals surface area (Å²) >= 11 is 2.41. The number of halogens is 4. The second-order valence-corrected chi connectivity index (χ2v) is 11.1. The van der Waals surface area contributed by atoms with Crippen molar-refractivity contribution in [2.75, 3.05) is 11.9 Å². The molecule has 0 aliphatic heterocycles. The molecule has 0 saturated carbocycles. The van der Waals surface area contributed by atoms with E-state index in [1.165, 1.54) is 23.2 Å². The number of aromatic nitrogens is 2. The second-order valence-electron chi connectivity index (χ2n) is 9.10. The van der Waals surface area contributed by atoms with E-state index in [0.717, 1.165) is 25.3 Å². The molecular formula is C26H25F4N3OS2. The number of ether oxygens (including phenoxy) is 1. The lowest BCUT2D eigenvalue weighted by Crippen LogP contribution is -2.22. The molecule has 190 valence electrons. The molecule has 1 N–H and O–H groups in total. The van der Waals surface area contributed by atoms with Gasteiger partial charge in [-0.1, -0.05) is 31.3 Å². The number of thiazole rings is 1. The zero-order chi connectivity index (χ0) is 25.8. The third-order valence-corrected chi connectivity index (χ3v) is 7.23. The maximum Gasteiger partial charge on any atom is 0.420 e. The van der Waals surface area contributed by atoms with Crippen LogP contribution in [0.2, 0.25) is 0 Å². The number of benzene rings is 1. The summed E-state index contributed by atoms with van der Waals surface area (Å²) in [4.78, 5) is 9.42. The van der Waals surface area contributed by atoms with Crippen LogP contribution in [0.25, 0.3) is 11.3 Å². The van der Waals surface area contributed by atoms with Gasteiger partial charge in [-0.3, -0.25) is 4.98 Å². The van der Waals surface area contributed by atoms with Crippen LogP contribution >= 0.6 is 22.7 Å². The Bertz CT molecular complexity index is 1270. The smallest absolute Gasteiger partial charge is 0.420 e. The average Bonchev–Trinajstić information content (AvgIpc) is 3.47. The van der Waals surface area contributed by atoms with Crippen LogP contribution in [0, 0.1) is 10.5 Å². The first-order valence-electron chi connectivity index (χ1n) is 11.3. The fourth-order valence-corrected chi connectivity index (χ4v) is 5.14. The van der Waals surface area contributed by atoms with Gasteiger partial charge in [-0.15, -0.1) is 11.3 Å². The lowest BCUT2D eigenvalue weighted by atomic mass is 9.88. The van der Waals surface area contributed by atoms with E-state index in [2.05, 4.69) is 21.4 Å². The van der Waals surface area contributed by atoms with Crippen molar-refractivity contribution in [1.82, 2.24) is 9.97 Å². The number of hydrogen-bond acceptors (Lipinski definition) is 6. The summed E-state index contributed by atoms with van der Waals surface area (Å²) < 4.78 is 61.6. The molecule has 10 heteroatoms. The zero-order valence-corrected chi connectivity index (χ0v) is 21.4. The van der Waals surface area contributed by atoms with Gasteiger partial charge in [0.15, 0.2) is 5.13 Å². The van der Waals surface area contributed by atoms with Gasteiger partial charge in [0.05, 0.1) is 12.2 Å². The van der Waals surface area contributed by atoms with Crippen molar-refractivity contribution in [2.45, 2.75) is 39.3 Å². The van der Waals surface area contributed by atoms with Gasteiger partial charge in [0, 0.05) is 28.5 Å². The molecule has 0 unspecified atom stereocenters. The minimum absolute atomic E-state index is 0.0907. The number of alkyl halides is 3. The number of pyridine rings is 1. The summed E-state index contributed by atoms with van der Waals surface area (Å²) in [6.07, 6.45) is 1.10. The Kier molecular flexibility index (Phi) is 7.94. The zero-order valence-electron chi connectivity index (χ0n) is 19.7. The van der Waals surface area contributed by atoms with Crippen molar-refractivity contribution in [2.24, 2.45) is 5.41 Å². The predicted octanol–water partition coefficient (Wildman–Crippen LogP) is 8.60. The molecule has 1 aromatic carbocycles. The van der Waals surface area contributed by atoms with Crippen molar-refractivity contribution < 1.29 is 22.3 Å². The van der Waals surface area contributed by atoms with E-state index in [4.69, 9.17) is 4.74 Å². The van der Waals surface area contributed by atoms with Gasteiger partial charge in [-0.05, 0) is 66.5 Å².